The Balaban J connectivity index is 3.53. The molecule has 0 saturated heterocycles. The first-order chi connectivity index (χ1) is 11.3. The predicted octanol–water partition coefficient (Wildman–Crippen LogP) is 3.86. The summed E-state index contributed by atoms with van der Waals surface area (Å²) in [6.07, 6.45) is 0. The molecule has 1 aromatic carbocycles. The number of ether oxygens (including phenoxy) is 1. The molecule has 1 rings (SSSR count). The van der Waals surface area contributed by atoms with Crippen LogP contribution in [0.1, 0.15) is 78.0 Å². The van der Waals surface area contributed by atoms with E-state index in [2.05, 4.69) is 59.0 Å². The SMILES string of the molecule is COc1c(C(C)C(=O)NC(C)CN)cc(C(C)(C)C)cc1C(C)(C)C. The van der Waals surface area contributed by atoms with Gasteiger partial charge < -0.3 is 15.8 Å². The number of methoxy groups -OCH3 is 1. The third-order valence-corrected chi connectivity index (χ3v) is 4.60. The van der Waals surface area contributed by atoms with Gasteiger partial charge in [0, 0.05) is 23.7 Å². The molecule has 0 aliphatic carbocycles. The van der Waals surface area contributed by atoms with Crippen LogP contribution in [-0.4, -0.2) is 25.6 Å². The largest absolute Gasteiger partial charge is 0.496 e. The molecule has 0 aromatic heterocycles. The highest BCUT2D eigenvalue weighted by molar-refractivity contribution is 5.84. The van der Waals surface area contributed by atoms with E-state index in [0.29, 0.717) is 6.54 Å². The van der Waals surface area contributed by atoms with E-state index in [1.54, 1.807) is 7.11 Å². The Morgan fingerprint density at radius 3 is 2.08 bits per heavy atom. The highest BCUT2D eigenvalue weighted by Gasteiger charge is 2.29. The van der Waals surface area contributed by atoms with Crippen LogP contribution in [0.5, 0.6) is 5.75 Å². The molecular weight excluding hydrogens is 312 g/mol. The molecule has 0 aliphatic rings. The minimum atomic E-state index is -0.313. The summed E-state index contributed by atoms with van der Waals surface area (Å²) in [5.41, 5.74) is 8.81. The topological polar surface area (TPSA) is 64.3 Å². The second kappa shape index (κ2) is 7.77. The minimum absolute atomic E-state index is 0.0121. The quantitative estimate of drug-likeness (QED) is 0.849. The Bertz CT molecular complexity index is 610. The molecule has 1 amide bonds. The van der Waals surface area contributed by atoms with Gasteiger partial charge in [-0.05, 0) is 30.2 Å². The third kappa shape index (κ3) is 5.21. The Morgan fingerprint density at radius 1 is 1.12 bits per heavy atom. The Labute approximate surface area is 153 Å². The van der Waals surface area contributed by atoms with E-state index in [4.69, 9.17) is 10.5 Å². The van der Waals surface area contributed by atoms with Crippen LogP contribution in [0.3, 0.4) is 0 Å². The Kier molecular flexibility index (Phi) is 6.68. The molecule has 142 valence electrons. The normalized spacial score (nSPS) is 14.8. The van der Waals surface area contributed by atoms with Crippen molar-refractivity contribution in [1.82, 2.24) is 5.32 Å². The molecule has 0 bridgehead atoms. The molecule has 0 radical (unpaired) electrons. The van der Waals surface area contributed by atoms with Crippen LogP contribution in [0.2, 0.25) is 0 Å². The first kappa shape index (κ1) is 21.5. The zero-order chi connectivity index (χ0) is 19.6. The third-order valence-electron chi connectivity index (χ3n) is 4.60. The Morgan fingerprint density at radius 2 is 1.68 bits per heavy atom. The highest BCUT2D eigenvalue weighted by Crippen LogP contribution is 2.41. The number of benzene rings is 1. The van der Waals surface area contributed by atoms with Crippen molar-refractivity contribution in [3.05, 3.63) is 28.8 Å². The highest BCUT2D eigenvalue weighted by atomic mass is 16.5. The van der Waals surface area contributed by atoms with E-state index in [9.17, 15) is 4.79 Å². The first-order valence-electron chi connectivity index (χ1n) is 9.06. The van der Waals surface area contributed by atoms with Crippen LogP contribution in [0.25, 0.3) is 0 Å². The van der Waals surface area contributed by atoms with Crippen LogP contribution in [0.15, 0.2) is 12.1 Å². The summed E-state index contributed by atoms with van der Waals surface area (Å²) < 4.78 is 5.77. The van der Waals surface area contributed by atoms with Crippen LogP contribution >= 0.6 is 0 Å². The molecule has 4 heteroatoms. The lowest BCUT2D eigenvalue weighted by atomic mass is 9.77. The maximum absolute atomic E-state index is 12.7. The zero-order valence-corrected chi connectivity index (χ0v) is 17.4. The summed E-state index contributed by atoms with van der Waals surface area (Å²) >= 11 is 0. The van der Waals surface area contributed by atoms with Crippen LogP contribution in [0, 0.1) is 0 Å². The lowest BCUT2D eigenvalue weighted by molar-refractivity contribution is -0.122. The van der Waals surface area contributed by atoms with Gasteiger partial charge in [-0.1, -0.05) is 53.7 Å². The molecule has 0 aliphatic heterocycles. The average molecular weight is 349 g/mol. The Hall–Kier alpha value is -1.55. The van der Waals surface area contributed by atoms with Gasteiger partial charge in [-0.3, -0.25) is 4.79 Å². The standard InChI is InChI=1S/C21H36N2O2/c1-13(12-22)23-19(24)14(2)16-10-15(20(3,4)5)11-17(18(16)25-9)21(6,7)8/h10-11,13-14H,12,22H2,1-9H3,(H,23,24). The second-order valence-corrected chi connectivity index (χ2v) is 9.01. The van der Waals surface area contributed by atoms with Gasteiger partial charge in [0.2, 0.25) is 5.91 Å². The molecule has 3 N–H and O–H groups in total. The number of rotatable bonds is 5. The van der Waals surface area contributed by atoms with Gasteiger partial charge in [-0.25, -0.2) is 0 Å². The molecule has 0 saturated carbocycles. The van der Waals surface area contributed by atoms with Gasteiger partial charge in [-0.2, -0.15) is 0 Å². The van der Waals surface area contributed by atoms with Crippen LogP contribution in [0.4, 0.5) is 0 Å². The minimum Gasteiger partial charge on any atom is -0.496 e. The second-order valence-electron chi connectivity index (χ2n) is 9.01. The van der Waals surface area contributed by atoms with E-state index in [1.165, 1.54) is 5.56 Å². The van der Waals surface area contributed by atoms with Gasteiger partial charge in [0.15, 0.2) is 0 Å². The summed E-state index contributed by atoms with van der Waals surface area (Å²) in [4.78, 5) is 12.7. The summed E-state index contributed by atoms with van der Waals surface area (Å²) in [6, 6.07) is 4.29. The molecule has 25 heavy (non-hydrogen) atoms. The van der Waals surface area contributed by atoms with Crippen molar-refractivity contribution in [3.8, 4) is 5.75 Å². The fourth-order valence-electron chi connectivity index (χ4n) is 2.76. The van der Waals surface area contributed by atoms with Crippen molar-refractivity contribution in [1.29, 1.82) is 0 Å². The molecular formula is C21H36N2O2. The lowest BCUT2D eigenvalue weighted by Gasteiger charge is -2.30. The molecule has 2 atom stereocenters. The predicted molar refractivity (Wildman–Crippen MR) is 105 cm³/mol. The van der Waals surface area contributed by atoms with Gasteiger partial charge in [-0.15, -0.1) is 0 Å². The number of nitrogens with one attached hydrogen (secondary N) is 1. The molecule has 1 aromatic rings. The number of hydrogen-bond donors (Lipinski definition) is 2. The lowest BCUT2D eigenvalue weighted by Crippen LogP contribution is -2.40. The van der Waals surface area contributed by atoms with E-state index >= 15 is 0 Å². The van der Waals surface area contributed by atoms with Crippen molar-refractivity contribution < 1.29 is 9.53 Å². The van der Waals surface area contributed by atoms with E-state index in [1.807, 2.05) is 13.8 Å². The number of nitrogens with two attached hydrogens (primary N) is 1. The fraction of sp³-hybridized carbons (Fsp3) is 0.667. The first-order valence-corrected chi connectivity index (χ1v) is 9.06. The van der Waals surface area contributed by atoms with Gasteiger partial charge in [0.05, 0.1) is 13.0 Å². The number of carbonyl (C=O) groups is 1. The van der Waals surface area contributed by atoms with Crippen molar-refractivity contribution in [3.63, 3.8) is 0 Å². The van der Waals surface area contributed by atoms with Crippen LogP contribution in [-0.2, 0) is 15.6 Å². The fourth-order valence-corrected chi connectivity index (χ4v) is 2.76. The van der Waals surface area contributed by atoms with E-state index in [0.717, 1.165) is 16.9 Å². The molecule has 4 nitrogen and oxygen atoms in total. The van der Waals surface area contributed by atoms with E-state index in [-0.39, 0.29) is 28.7 Å². The monoisotopic (exact) mass is 348 g/mol. The number of carbonyl (C=O) groups excluding carboxylic acids is 1. The van der Waals surface area contributed by atoms with E-state index < -0.39 is 0 Å². The maximum atomic E-state index is 12.7. The number of hydrogen-bond acceptors (Lipinski definition) is 3. The average Bonchev–Trinajstić information content (AvgIpc) is 2.50. The van der Waals surface area contributed by atoms with Crippen molar-refractivity contribution >= 4 is 5.91 Å². The van der Waals surface area contributed by atoms with Crippen LogP contribution < -0.4 is 15.8 Å². The summed E-state index contributed by atoms with van der Waals surface area (Å²) in [6.45, 7) is 17.3. The van der Waals surface area contributed by atoms with Crippen molar-refractivity contribution in [2.75, 3.05) is 13.7 Å². The van der Waals surface area contributed by atoms with Gasteiger partial charge in [0.25, 0.3) is 0 Å². The summed E-state index contributed by atoms with van der Waals surface area (Å²) in [5, 5.41) is 2.98. The summed E-state index contributed by atoms with van der Waals surface area (Å²) in [7, 11) is 1.68. The van der Waals surface area contributed by atoms with Crippen molar-refractivity contribution in [2.45, 2.75) is 78.2 Å². The molecule has 2 unspecified atom stereocenters. The zero-order valence-electron chi connectivity index (χ0n) is 17.4. The molecule has 0 fully saturated rings. The van der Waals surface area contributed by atoms with Gasteiger partial charge in [0.1, 0.15) is 5.75 Å². The summed E-state index contributed by atoms with van der Waals surface area (Å²) in [5.74, 6) is 0.470. The smallest absolute Gasteiger partial charge is 0.227 e. The van der Waals surface area contributed by atoms with Gasteiger partial charge >= 0.3 is 0 Å². The molecule has 0 heterocycles. The maximum Gasteiger partial charge on any atom is 0.227 e. The number of amides is 1. The molecule has 0 spiro atoms. The van der Waals surface area contributed by atoms with Crippen molar-refractivity contribution in [2.24, 2.45) is 5.73 Å².